The molecule has 144 valence electrons. The predicted molar refractivity (Wildman–Crippen MR) is 104 cm³/mol. The molecule has 1 aromatic carbocycles. The van der Waals surface area contributed by atoms with Crippen molar-refractivity contribution in [2.45, 2.75) is 71.6 Å². The minimum atomic E-state index is -0.760. The lowest BCUT2D eigenvalue weighted by molar-refractivity contribution is -0.157. The number of benzene rings is 1. The van der Waals surface area contributed by atoms with Crippen LogP contribution in [0.15, 0.2) is 36.4 Å². The highest BCUT2D eigenvalue weighted by Gasteiger charge is 2.28. The summed E-state index contributed by atoms with van der Waals surface area (Å²) in [4.78, 5) is 24.4. The summed E-state index contributed by atoms with van der Waals surface area (Å²) >= 11 is 0. The van der Waals surface area contributed by atoms with E-state index >= 15 is 0 Å². The zero-order chi connectivity index (χ0) is 19.8. The largest absolute Gasteiger partial charge is 0.458 e. The molecule has 0 aliphatic rings. The molecule has 5 nitrogen and oxygen atoms in total. The van der Waals surface area contributed by atoms with Gasteiger partial charge in [0.05, 0.1) is 0 Å². The number of carbonyl (C=O) groups is 2. The van der Waals surface area contributed by atoms with Crippen molar-refractivity contribution in [3.05, 3.63) is 42.0 Å². The summed E-state index contributed by atoms with van der Waals surface area (Å²) in [6.45, 7) is 10.7. The van der Waals surface area contributed by atoms with E-state index in [1.54, 1.807) is 41.5 Å². The summed E-state index contributed by atoms with van der Waals surface area (Å²) in [5.41, 5.74) is -0.165. The van der Waals surface area contributed by atoms with Crippen LogP contribution in [-0.4, -0.2) is 29.3 Å². The van der Waals surface area contributed by atoms with Crippen LogP contribution in [0.5, 0.6) is 0 Å². The Morgan fingerprint density at radius 1 is 1.00 bits per heavy atom. The van der Waals surface area contributed by atoms with Crippen LogP contribution >= 0.6 is 0 Å². The van der Waals surface area contributed by atoms with Crippen LogP contribution in [0.2, 0.25) is 0 Å². The molecule has 1 aromatic rings. The molecule has 0 aliphatic heterocycles. The molecule has 0 fully saturated rings. The maximum Gasteiger partial charge on any atom is 0.408 e. The van der Waals surface area contributed by atoms with Gasteiger partial charge >= 0.3 is 12.1 Å². The molecular weight excluding hydrogens is 330 g/mol. The van der Waals surface area contributed by atoms with E-state index in [0.29, 0.717) is 12.8 Å². The topological polar surface area (TPSA) is 64.6 Å². The van der Waals surface area contributed by atoms with E-state index in [2.05, 4.69) is 5.32 Å². The van der Waals surface area contributed by atoms with E-state index in [0.717, 1.165) is 5.56 Å². The fraction of sp³-hybridized carbons (Fsp3) is 0.524. The summed E-state index contributed by atoms with van der Waals surface area (Å²) in [5, 5.41) is 2.63. The number of ether oxygens (including phenoxy) is 2. The molecule has 0 aromatic heterocycles. The van der Waals surface area contributed by atoms with E-state index < -0.39 is 29.3 Å². The third kappa shape index (κ3) is 9.87. The van der Waals surface area contributed by atoms with Gasteiger partial charge in [0, 0.05) is 0 Å². The van der Waals surface area contributed by atoms with Gasteiger partial charge in [0.2, 0.25) is 0 Å². The molecule has 1 unspecified atom stereocenters. The van der Waals surface area contributed by atoms with Crippen molar-refractivity contribution in [2.24, 2.45) is 0 Å². The zero-order valence-electron chi connectivity index (χ0n) is 16.7. The van der Waals surface area contributed by atoms with Gasteiger partial charge in [0.15, 0.2) is 0 Å². The maximum absolute atomic E-state index is 12.4. The summed E-state index contributed by atoms with van der Waals surface area (Å²) in [5.74, 6) is -0.462. The minimum absolute atomic E-state index is 0.428. The van der Waals surface area contributed by atoms with Gasteiger partial charge in [0.1, 0.15) is 17.2 Å². The van der Waals surface area contributed by atoms with Crippen LogP contribution in [0.4, 0.5) is 4.79 Å². The number of hydrogen-bond donors (Lipinski definition) is 1. The van der Waals surface area contributed by atoms with Crippen LogP contribution in [0.1, 0.15) is 59.9 Å². The smallest absolute Gasteiger partial charge is 0.408 e. The maximum atomic E-state index is 12.4. The van der Waals surface area contributed by atoms with Gasteiger partial charge in [-0.1, -0.05) is 42.5 Å². The average molecular weight is 361 g/mol. The molecular formula is C21H31NO4. The normalized spacial score (nSPS) is 13.3. The third-order valence-electron chi connectivity index (χ3n) is 3.11. The SMILES string of the molecule is CC(C)(C)OC(=O)NC(CC/C=C/c1ccccc1)C(=O)OC(C)(C)C. The molecule has 1 rings (SSSR count). The molecule has 5 heteroatoms. The monoisotopic (exact) mass is 361 g/mol. The Hall–Kier alpha value is -2.30. The highest BCUT2D eigenvalue weighted by molar-refractivity contribution is 5.81. The van der Waals surface area contributed by atoms with E-state index in [4.69, 9.17) is 9.47 Å². The Balaban J connectivity index is 2.69. The lowest BCUT2D eigenvalue weighted by Crippen LogP contribution is -2.45. The second-order valence-electron chi connectivity index (χ2n) is 8.12. The molecule has 1 amide bonds. The summed E-state index contributed by atoms with van der Waals surface area (Å²) in [6, 6.07) is 9.13. The van der Waals surface area contributed by atoms with Crippen molar-refractivity contribution in [3.63, 3.8) is 0 Å². The molecule has 0 radical (unpaired) electrons. The van der Waals surface area contributed by atoms with Crippen molar-refractivity contribution in [2.75, 3.05) is 0 Å². The summed E-state index contributed by atoms with van der Waals surface area (Å²) in [6.07, 6.45) is 4.38. The van der Waals surface area contributed by atoms with E-state index in [1.807, 2.05) is 42.5 Å². The number of amides is 1. The quantitative estimate of drug-likeness (QED) is 0.745. The number of hydrogen-bond acceptors (Lipinski definition) is 4. The van der Waals surface area contributed by atoms with Crippen LogP contribution in [0.3, 0.4) is 0 Å². The van der Waals surface area contributed by atoms with E-state index in [-0.39, 0.29) is 0 Å². The number of rotatable bonds is 6. The van der Waals surface area contributed by atoms with Crippen LogP contribution in [0, 0.1) is 0 Å². The van der Waals surface area contributed by atoms with Gasteiger partial charge in [-0.2, -0.15) is 0 Å². The first-order valence-electron chi connectivity index (χ1n) is 8.90. The lowest BCUT2D eigenvalue weighted by atomic mass is 10.1. The molecule has 0 aliphatic carbocycles. The van der Waals surface area contributed by atoms with E-state index in [9.17, 15) is 9.59 Å². The Morgan fingerprint density at radius 3 is 2.12 bits per heavy atom. The molecule has 1 N–H and O–H groups in total. The number of esters is 1. The second kappa shape index (κ2) is 9.41. The highest BCUT2D eigenvalue weighted by Crippen LogP contribution is 2.13. The van der Waals surface area contributed by atoms with Gasteiger partial charge < -0.3 is 14.8 Å². The Labute approximate surface area is 156 Å². The molecule has 1 atom stereocenters. The second-order valence-corrected chi connectivity index (χ2v) is 8.12. The van der Waals surface area contributed by atoms with Crippen LogP contribution in [0.25, 0.3) is 6.08 Å². The third-order valence-corrected chi connectivity index (χ3v) is 3.11. The van der Waals surface area contributed by atoms with Crippen molar-refractivity contribution < 1.29 is 19.1 Å². The van der Waals surface area contributed by atoms with E-state index in [1.165, 1.54) is 0 Å². The first-order valence-corrected chi connectivity index (χ1v) is 8.90. The first kappa shape index (κ1) is 21.7. The van der Waals surface area contributed by atoms with Gasteiger partial charge in [-0.15, -0.1) is 0 Å². The Kier molecular flexibility index (Phi) is 7.87. The molecule has 0 bridgehead atoms. The van der Waals surface area contributed by atoms with Crippen molar-refractivity contribution in [1.29, 1.82) is 0 Å². The predicted octanol–water partition coefficient (Wildman–Crippen LogP) is 4.72. The Morgan fingerprint density at radius 2 is 1.58 bits per heavy atom. The lowest BCUT2D eigenvalue weighted by Gasteiger charge is -2.26. The fourth-order valence-corrected chi connectivity index (χ4v) is 2.12. The Bertz CT molecular complexity index is 609. The number of alkyl carbamates (subject to hydrolysis) is 1. The highest BCUT2D eigenvalue weighted by atomic mass is 16.6. The fourth-order valence-electron chi connectivity index (χ4n) is 2.12. The van der Waals surface area contributed by atoms with Crippen LogP contribution in [-0.2, 0) is 14.3 Å². The zero-order valence-corrected chi connectivity index (χ0v) is 16.7. The van der Waals surface area contributed by atoms with Gasteiger partial charge in [-0.25, -0.2) is 9.59 Å². The number of allylic oxidation sites excluding steroid dienone is 1. The molecule has 0 heterocycles. The molecule has 0 saturated heterocycles. The number of carbonyl (C=O) groups excluding carboxylic acids is 2. The van der Waals surface area contributed by atoms with Crippen molar-refractivity contribution >= 4 is 18.1 Å². The van der Waals surface area contributed by atoms with Crippen LogP contribution < -0.4 is 5.32 Å². The van der Waals surface area contributed by atoms with Gasteiger partial charge in [-0.3, -0.25) is 0 Å². The molecule has 0 saturated carbocycles. The average Bonchev–Trinajstić information content (AvgIpc) is 2.47. The molecule has 0 spiro atoms. The summed E-state index contributed by atoms with van der Waals surface area (Å²) < 4.78 is 10.7. The van der Waals surface area contributed by atoms with Crippen molar-refractivity contribution in [3.8, 4) is 0 Å². The first-order chi connectivity index (χ1) is 12.0. The van der Waals surface area contributed by atoms with Gasteiger partial charge in [0.25, 0.3) is 0 Å². The standard InChI is InChI=1S/C21H31NO4/c1-20(2,3)25-18(23)17(22-19(24)26-21(4,5)6)15-11-10-14-16-12-8-7-9-13-16/h7-10,12-14,17H,11,15H2,1-6H3,(H,22,24)/b14-10+. The van der Waals surface area contributed by atoms with Crippen molar-refractivity contribution in [1.82, 2.24) is 5.32 Å². The minimum Gasteiger partial charge on any atom is -0.458 e. The summed E-state index contributed by atoms with van der Waals surface area (Å²) in [7, 11) is 0. The number of nitrogens with one attached hydrogen (secondary N) is 1. The molecule has 26 heavy (non-hydrogen) atoms. The van der Waals surface area contributed by atoms with Gasteiger partial charge in [-0.05, 0) is 59.9 Å².